The Bertz CT molecular complexity index is 243. The predicted octanol–water partition coefficient (Wildman–Crippen LogP) is -0.0828. The van der Waals surface area contributed by atoms with Crippen molar-refractivity contribution in [2.45, 2.75) is 6.92 Å². The SMILES string of the molecule is CC(=O)Oc1c[nH]nc1N. The molecule has 0 amide bonds. The summed E-state index contributed by atoms with van der Waals surface area (Å²) < 4.78 is 4.63. The van der Waals surface area contributed by atoms with Crippen LogP contribution < -0.4 is 10.5 Å². The molecule has 54 valence electrons. The zero-order chi connectivity index (χ0) is 7.56. The molecule has 0 aliphatic rings. The summed E-state index contributed by atoms with van der Waals surface area (Å²) in [6.07, 6.45) is 1.41. The second-order valence-electron chi connectivity index (χ2n) is 1.73. The molecule has 0 aliphatic carbocycles. The minimum atomic E-state index is -0.409. The van der Waals surface area contributed by atoms with Gasteiger partial charge in [0, 0.05) is 6.92 Å². The molecule has 0 fully saturated rings. The minimum absolute atomic E-state index is 0.190. The molecule has 1 aromatic rings. The second-order valence-corrected chi connectivity index (χ2v) is 1.73. The average molecular weight is 141 g/mol. The van der Waals surface area contributed by atoms with Gasteiger partial charge in [-0.15, -0.1) is 0 Å². The first-order chi connectivity index (χ1) is 4.70. The zero-order valence-electron chi connectivity index (χ0n) is 5.42. The number of aromatic amines is 1. The van der Waals surface area contributed by atoms with Crippen LogP contribution in [0.15, 0.2) is 6.20 Å². The molecule has 0 bridgehead atoms. The summed E-state index contributed by atoms with van der Waals surface area (Å²) in [5, 5.41) is 6.00. The van der Waals surface area contributed by atoms with Gasteiger partial charge in [0.25, 0.3) is 0 Å². The number of carbonyl (C=O) groups excluding carboxylic acids is 1. The fourth-order valence-electron chi connectivity index (χ4n) is 0.526. The van der Waals surface area contributed by atoms with Gasteiger partial charge in [-0.05, 0) is 0 Å². The minimum Gasteiger partial charge on any atom is -0.421 e. The molecule has 0 unspecified atom stereocenters. The summed E-state index contributed by atoms with van der Waals surface area (Å²) in [5.41, 5.74) is 5.27. The first-order valence-corrected chi connectivity index (χ1v) is 2.68. The fraction of sp³-hybridized carbons (Fsp3) is 0.200. The Morgan fingerprint density at radius 1 is 1.90 bits per heavy atom. The van der Waals surface area contributed by atoms with Gasteiger partial charge in [0.05, 0.1) is 6.20 Å². The van der Waals surface area contributed by atoms with Crippen molar-refractivity contribution in [1.82, 2.24) is 10.2 Å². The third-order valence-corrected chi connectivity index (χ3v) is 0.887. The molecule has 10 heavy (non-hydrogen) atoms. The molecule has 0 saturated carbocycles. The molecule has 3 N–H and O–H groups in total. The molecular weight excluding hydrogens is 134 g/mol. The highest BCUT2D eigenvalue weighted by molar-refractivity contribution is 5.70. The quantitative estimate of drug-likeness (QED) is 0.536. The van der Waals surface area contributed by atoms with Crippen LogP contribution in [-0.2, 0) is 4.79 Å². The van der Waals surface area contributed by atoms with E-state index in [0.717, 1.165) is 0 Å². The summed E-state index contributed by atoms with van der Waals surface area (Å²) in [6, 6.07) is 0. The molecule has 5 heteroatoms. The van der Waals surface area contributed by atoms with Crippen LogP contribution in [0.2, 0.25) is 0 Å². The van der Waals surface area contributed by atoms with E-state index < -0.39 is 5.97 Å². The number of nitrogens with two attached hydrogens (primary N) is 1. The highest BCUT2D eigenvalue weighted by atomic mass is 16.5. The van der Waals surface area contributed by atoms with Crippen LogP contribution in [0.4, 0.5) is 5.82 Å². The zero-order valence-corrected chi connectivity index (χ0v) is 5.42. The number of aromatic nitrogens is 2. The lowest BCUT2D eigenvalue weighted by Gasteiger charge is -1.94. The van der Waals surface area contributed by atoms with Crippen LogP contribution in [0.1, 0.15) is 6.92 Å². The Kier molecular flexibility index (Phi) is 1.57. The number of nitrogens with one attached hydrogen (secondary N) is 1. The molecule has 0 aromatic carbocycles. The van der Waals surface area contributed by atoms with Gasteiger partial charge in [-0.1, -0.05) is 0 Å². The third kappa shape index (κ3) is 1.25. The summed E-state index contributed by atoms with van der Waals surface area (Å²) in [4.78, 5) is 10.3. The number of hydrogen-bond acceptors (Lipinski definition) is 4. The standard InChI is InChI=1S/C5H7N3O2/c1-3(9)10-4-2-7-8-5(4)6/h2H,1H3,(H3,6,7,8). The van der Waals surface area contributed by atoms with Crippen LogP contribution in [0.3, 0.4) is 0 Å². The van der Waals surface area contributed by atoms with Crippen molar-refractivity contribution in [1.29, 1.82) is 0 Å². The van der Waals surface area contributed by atoms with Crippen LogP contribution in [0.25, 0.3) is 0 Å². The van der Waals surface area contributed by atoms with Gasteiger partial charge >= 0.3 is 5.97 Å². The van der Waals surface area contributed by atoms with E-state index in [2.05, 4.69) is 14.9 Å². The van der Waals surface area contributed by atoms with Gasteiger partial charge in [0.2, 0.25) is 0 Å². The molecule has 0 radical (unpaired) electrons. The fourth-order valence-corrected chi connectivity index (χ4v) is 0.526. The van der Waals surface area contributed by atoms with Crippen molar-refractivity contribution >= 4 is 11.8 Å². The molecule has 1 rings (SSSR count). The molecule has 5 nitrogen and oxygen atoms in total. The lowest BCUT2D eigenvalue weighted by atomic mass is 10.6. The van der Waals surface area contributed by atoms with Crippen molar-refractivity contribution in [2.75, 3.05) is 5.73 Å². The summed E-state index contributed by atoms with van der Waals surface area (Å²) >= 11 is 0. The first-order valence-electron chi connectivity index (χ1n) is 2.68. The van der Waals surface area contributed by atoms with Gasteiger partial charge in [-0.3, -0.25) is 9.89 Å². The maximum atomic E-state index is 10.3. The van der Waals surface area contributed by atoms with E-state index in [0.29, 0.717) is 0 Å². The van der Waals surface area contributed by atoms with E-state index in [1.54, 1.807) is 0 Å². The number of anilines is 1. The molecule has 0 saturated heterocycles. The number of esters is 1. The highest BCUT2D eigenvalue weighted by Crippen LogP contribution is 2.15. The van der Waals surface area contributed by atoms with E-state index >= 15 is 0 Å². The van der Waals surface area contributed by atoms with Crippen molar-refractivity contribution in [3.05, 3.63) is 6.20 Å². The number of rotatable bonds is 1. The molecule has 0 aliphatic heterocycles. The lowest BCUT2D eigenvalue weighted by molar-refractivity contribution is -0.131. The van der Waals surface area contributed by atoms with E-state index in [4.69, 9.17) is 5.73 Å². The van der Waals surface area contributed by atoms with Crippen molar-refractivity contribution in [3.63, 3.8) is 0 Å². The number of nitrogen functional groups attached to an aromatic ring is 1. The second kappa shape index (κ2) is 2.38. The Morgan fingerprint density at radius 3 is 3.00 bits per heavy atom. The third-order valence-electron chi connectivity index (χ3n) is 0.887. The van der Waals surface area contributed by atoms with Crippen LogP contribution in [0, 0.1) is 0 Å². The van der Waals surface area contributed by atoms with Crippen molar-refractivity contribution in [2.24, 2.45) is 0 Å². The first kappa shape index (κ1) is 6.60. The van der Waals surface area contributed by atoms with E-state index in [9.17, 15) is 4.79 Å². The smallest absolute Gasteiger partial charge is 0.308 e. The van der Waals surface area contributed by atoms with Crippen LogP contribution >= 0.6 is 0 Å². The largest absolute Gasteiger partial charge is 0.421 e. The highest BCUT2D eigenvalue weighted by Gasteiger charge is 2.03. The maximum absolute atomic E-state index is 10.3. The van der Waals surface area contributed by atoms with Crippen molar-refractivity contribution < 1.29 is 9.53 Å². The Labute approximate surface area is 57.2 Å². The topological polar surface area (TPSA) is 81.0 Å². The van der Waals surface area contributed by atoms with E-state index in [1.807, 2.05) is 0 Å². The summed E-state index contributed by atoms with van der Waals surface area (Å²) in [6.45, 7) is 1.30. The maximum Gasteiger partial charge on any atom is 0.308 e. The Morgan fingerprint density at radius 2 is 2.60 bits per heavy atom. The molecule has 1 heterocycles. The summed E-state index contributed by atoms with van der Waals surface area (Å²) in [5.74, 6) is 0.0517. The Balaban J connectivity index is 2.74. The van der Waals surface area contributed by atoms with Crippen molar-refractivity contribution in [3.8, 4) is 5.75 Å². The number of carbonyl (C=O) groups is 1. The van der Waals surface area contributed by atoms with Gasteiger partial charge in [0.15, 0.2) is 11.6 Å². The number of nitrogens with zero attached hydrogens (tertiary/aromatic N) is 1. The van der Waals surface area contributed by atoms with Gasteiger partial charge in [-0.2, -0.15) is 5.10 Å². The normalized spacial score (nSPS) is 9.30. The van der Waals surface area contributed by atoms with Gasteiger partial charge in [-0.25, -0.2) is 0 Å². The average Bonchev–Trinajstić information content (AvgIpc) is 2.15. The molecule has 1 aromatic heterocycles. The number of hydrogen-bond donors (Lipinski definition) is 2. The molecule has 0 atom stereocenters. The van der Waals surface area contributed by atoms with E-state index in [1.165, 1.54) is 13.1 Å². The number of ether oxygens (including phenoxy) is 1. The monoisotopic (exact) mass is 141 g/mol. The Hall–Kier alpha value is -1.52. The van der Waals surface area contributed by atoms with Gasteiger partial charge < -0.3 is 10.5 Å². The van der Waals surface area contributed by atoms with Gasteiger partial charge in [0.1, 0.15) is 0 Å². The molecule has 0 spiro atoms. The lowest BCUT2D eigenvalue weighted by Crippen LogP contribution is -2.02. The number of H-pyrrole nitrogens is 1. The van der Waals surface area contributed by atoms with Crippen LogP contribution in [-0.4, -0.2) is 16.2 Å². The molecular formula is C5H7N3O2. The van der Waals surface area contributed by atoms with E-state index in [-0.39, 0.29) is 11.6 Å². The predicted molar refractivity (Wildman–Crippen MR) is 34.3 cm³/mol. The van der Waals surface area contributed by atoms with Crippen LogP contribution in [0.5, 0.6) is 5.75 Å². The summed E-state index contributed by atoms with van der Waals surface area (Å²) in [7, 11) is 0.